The summed E-state index contributed by atoms with van der Waals surface area (Å²) >= 11 is 0. The topological polar surface area (TPSA) is 83.2 Å². The quantitative estimate of drug-likeness (QED) is 0.374. The molecule has 3 N–H and O–H groups in total. The molecule has 3 aliphatic rings. The number of para-hydroxylation sites is 1. The lowest BCUT2D eigenvalue weighted by atomic mass is 9.45. The average molecular weight is 502 g/mol. The minimum absolute atomic E-state index is 0.116. The number of benzene rings is 2. The molecule has 1 heterocycles. The first-order valence-corrected chi connectivity index (χ1v) is 13.5. The minimum Gasteiger partial charge on any atom is -0.446 e. The molecule has 1 aromatic heterocycles. The Morgan fingerprint density at radius 3 is 2.54 bits per heavy atom. The lowest BCUT2D eigenvalue weighted by Crippen LogP contribution is -2.61. The molecular formula is C31H39N3O3. The van der Waals surface area contributed by atoms with E-state index in [9.17, 15) is 9.59 Å². The van der Waals surface area contributed by atoms with Crippen molar-refractivity contribution in [2.45, 2.75) is 65.0 Å². The molecule has 0 saturated heterocycles. The first-order chi connectivity index (χ1) is 17.7. The van der Waals surface area contributed by atoms with Gasteiger partial charge in [0, 0.05) is 30.1 Å². The van der Waals surface area contributed by atoms with E-state index in [1.54, 1.807) is 6.92 Å². The van der Waals surface area contributed by atoms with Gasteiger partial charge in [0.2, 0.25) is 5.91 Å². The van der Waals surface area contributed by atoms with Crippen LogP contribution < -0.4 is 10.6 Å². The summed E-state index contributed by atoms with van der Waals surface area (Å²) in [4.78, 5) is 30.1. The Labute approximate surface area is 219 Å². The molecule has 2 aromatic carbocycles. The number of nitrogens with one attached hydrogen (secondary N) is 3. The van der Waals surface area contributed by atoms with Gasteiger partial charge in [0.25, 0.3) is 0 Å². The number of amides is 2. The summed E-state index contributed by atoms with van der Waals surface area (Å²) in [6.45, 7) is 9.13. The van der Waals surface area contributed by atoms with Gasteiger partial charge in [-0.1, -0.05) is 69.3 Å². The number of hydrogen-bond acceptors (Lipinski definition) is 3. The van der Waals surface area contributed by atoms with Crippen molar-refractivity contribution in [2.75, 3.05) is 6.54 Å². The van der Waals surface area contributed by atoms with Crippen molar-refractivity contribution in [1.82, 2.24) is 15.6 Å². The van der Waals surface area contributed by atoms with Gasteiger partial charge in [-0.05, 0) is 66.5 Å². The number of ether oxygens (including phenoxy) is 1. The number of aromatic amines is 1. The summed E-state index contributed by atoms with van der Waals surface area (Å²) < 4.78 is 5.99. The number of aromatic nitrogens is 1. The standard InChI is InChI=1S/C31H39N3O3/c1-20-25-16-23(30(25,2)3)17-27(20)37-29(36)34-31(4,18-22-19-33-26-13-9-8-12-24(22)26)28(35)32-15-14-21-10-6-5-7-11-21/h5-13,19-20,23,25,27,33H,14-18H2,1-4H3,(H,32,35)(H,34,36)/t20-,23+,25-,27-,31?/m0/s1. The second-order valence-corrected chi connectivity index (χ2v) is 11.9. The number of carbonyl (C=O) groups excluding carboxylic acids is 2. The van der Waals surface area contributed by atoms with E-state index >= 15 is 0 Å². The van der Waals surface area contributed by atoms with Crippen LogP contribution in [0.5, 0.6) is 0 Å². The Hall–Kier alpha value is -3.28. The van der Waals surface area contributed by atoms with Crippen LogP contribution in [0.25, 0.3) is 10.9 Å². The molecule has 196 valence electrons. The van der Waals surface area contributed by atoms with Gasteiger partial charge in [0.1, 0.15) is 11.6 Å². The SMILES string of the molecule is C[C@@H]1[C@@H](OC(=O)NC(C)(Cc2c[nH]c3ccccc23)C(=O)NCCc2ccccc2)C[C@H]2C[C@@H]1C2(C)C. The Morgan fingerprint density at radius 2 is 1.81 bits per heavy atom. The second-order valence-electron chi connectivity index (χ2n) is 11.9. The lowest BCUT2D eigenvalue weighted by Gasteiger charge is -2.61. The highest BCUT2D eigenvalue weighted by atomic mass is 16.6. The van der Waals surface area contributed by atoms with Crippen molar-refractivity contribution in [3.8, 4) is 0 Å². The van der Waals surface area contributed by atoms with E-state index < -0.39 is 11.6 Å². The monoisotopic (exact) mass is 501 g/mol. The smallest absolute Gasteiger partial charge is 0.408 e. The fourth-order valence-corrected chi connectivity index (χ4v) is 6.65. The molecule has 1 unspecified atom stereocenters. The number of H-pyrrole nitrogens is 1. The summed E-state index contributed by atoms with van der Waals surface area (Å²) in [7, 11) is 0. The van der Waals surface area contributed by atoms with E-state index in [1.807, 2.05) is 60.8 Å². The zero-order chi connectivity index (χ0) is 26.2. The normalized spacial score (nSPS) is 25.5. The van der Waals surface area contributed by atoms with Crippen LogP contribution in [-0.4, -0.2) is 35.2 Å². The van der Waals surface area contributed by atoms with Crippen LogP contribution in [0.3, 0.4) is 0 Å². The molecule has 3 fully saturated rings. The average Bonchev–Trinajstić information content (AvgIpc) is 3.27. The van der Waals surface area contributed by atoms with Crippen LogP contribution in [0.1, 0.15) is 51.7 Å². The fraction of sp³-hybridized carbons (Fsp3) is 0.484. The third-order valence-electron chi connectivity index (χ3n) is 9.18. The van der Waals surface area contributed by atoms with Gasteiger partial charge in [0.05, 0.1) is 0 Å². The van der Waals surface area contributed by atoms with Crippen LogP contribution >= 0.6 is 0 Å². The molecule has 3 aromatic rings. The Balaban J connectivity index is 1.29. The molecule has 5 atom stereocenters. The first-order valence-electron chi connectivity index (χ1n) is 13.5. The first kappa shape index (κ1) is 25.4. The van der Waals surface area contributed by atoms with Crippen molar-refractivity contribution in [3.63, 3.8) is 0 Å². The van der Waals surface area contributed by atoms with Gasteiger partial charge in [0.15, 0.2) is 0 Å². The predicted molar refractivity (Wildman–Crippen MR) is 146 cm³/mol. The summed E-state index contributed by atoms with van der Waals surface area (Å²) in [5.41, 5.74) is 2.29. The van der Waals surface area contributed by atoms with E-state index in [-0.39, 0.29) is 12.0 Å². The molecule has 2 amide bonds. The van der Waals surface area contributed by atoms with Crippen LogP contribution in [-0.2, 0) is 22.4 Å². The molecule has 37 heavy (non-hydrogen) atoms. The predicted octanol–water partition coefficient (Wildman–Crippen LogP) is 5.62. The summed E-state index contributed by atoms with van der Waals surface area (Å²) in [5, 5.41) is 7.08. The molecule has 6 nitrogen and oxygen atoms in total. The van der Waals surface area contributed by atoms with Gasteiger partial charge in [-0.2, -0.15) is 0 Å². The lowest BCUT2D eigenvalue weighted by molar-refractivity contribution is -0.155. The number of fused-ring (bicyclic) bond motifs is 3. The van der Waals surface area contributed by atoms with Crippen LogP contribution in [0.4, 0.5) is 4.79 Å². The van der Waals surface area contributed by atoms with Crippen molar-refractivity contribution in [3.05, 3.63) is 71.9 Å². The van der Waals surface area contributed by atoms with Gasteiger partial charge in [-0.15, -0.1) is 0 Å². The Bertz CT molecular complexity index is 1270. The van der Waals surface area contributed by atoms with E-state index in [1.165, 1.54) is 6.42 Å². The molecule has 6 rings (SSSR count). The van der Waals surface area contributed by atoms with E-state index in [2.05, 4.69) is 36.4 Å². The van der Waals surface area contributed by atoms with E-state index in [4.69, 9.17) is 4.74 Å². The maximum atomic E-state index is 13.6. The molecule has 3 saturated carbocycles. The summed E-state index contributed by atoms with van der Waals surface area (Å²) in [6, 6.07) is 18.1. The van der Waals surface area contributed by atoms with Crippen molar-refractivity contribution >= 4 is 22.9 Å². The number of hydrogen-bond donors (Lipinski definition) is 3. The molecule has 6 heteroatoms. The summed E-state index contributed by atoms with van der Waals surface area (Å²) in [6.07, 6.45) is 4.47. The number of alkyl carbamates (subject to hydrolysis) is 1. The second kappa shape index (κ2) is 9.88. The molecular weight excluding hydrogens is 462 g/mol. The van der Waals surface area contributed by atoms with Crippen molar-refractivity contribution in [2.24, 2.45) is 23.2 Å². The Morgan fingerprint density at radius 1 is 1.08 bits per heavy atom. The van der Waals surface area contributed by atoms with Crippen LogP contribution in [0.2, 0.25) is 0 Å². The minimum atomic E-state index is -1.17. The molecule has 0 spiro atoms. The van der Waals surface area contributed by atoms with Crippen molar-refractivity contribution < 1.29 is 14.3 Å². The highest BCUT2D eigenvalue weighted by molar-refractivity contribution is 5.91. The largest absolute Gasteiger partial charge is 0.446 e. The maximum Gasteiger partial charge on any atom is 0.408 e. The van der Waals surface area contributed by atoms with Crippen LogP contribution in [0.15, 0.2) is 60.8 Å². The number of carbonyl (C=O) groups is 2. The van der Waals surface area contributed by atoms with Gasteiger partial charge in [-0.3, -0.25) is 4.79 Å². The third-order valence-corrected chi connectivity index (χ3v) is 9.18. The third kappa shape index (κ3) is 4.98. The van der Waals surface area contributed by atoms with E-state index in [0.29, 0.717) is 36.1 Å². The van der Waals surface area contributed by atoms with Gasteiger partial charge < -0.3 is 20.4 Å². The molecule has 3 aliphatic carbocycles. The summed E-state index contributed by atoms with van der Waals surface area (Å²) in [5.74, 6) is 1.25. The number of rotatable bonds is 8. The Kier molecular flexibility index (Phi) is 6.78. The molecule has 0 radical (unpaired) electrons. The highest BCUT2D eigenvalue weighted by Crippen LogP contribution is 2.61. The maximum absolute atomic E-state index is 13.6. The zero-order valence-electron chi connectivity index (χ0n) is 22.3. The zero-order valence-corrected chi connectivity index (χ0v) is 22.3. The van der Waals surface area contributed by atoms with Crippen LogP contribution in [0, 0.1) is 23.2 Å². The fourth-order valence-electron chi connectivity index (χ4n) is 6.65. The van der Waals surface area contributed by atoms with Gasteiger partial charge >= 0.3 is 6.09 Å². The van der Waals surface area contributed by atoms with Gasteiger partial charge in [-0.25, -0.2) is 4.79 Å². The van der Waals surface area contributed by atoms with Crippen molar-refractivity contribution in [1.29, 1.82) is 0 Å². The van der Waals surface area contributed by atoms with E-state index in [0.717, 1.165) is 34.9 Å². The molecule has 0 aliphatic heterocycles. The highest BCUT2D eigenvalue weighted by Gasteiger charge is 2.57. The molecule has 2 bridgehead atoms.